The molecular formula is C15H20ClN3O. The molecule has 1 N–H and O–H groups in total. The maximum Gasteiger partial charge on any atom is 0.254 e. The SMILES string of the molecule is CCCNc1cc(C(=O)N2CC3CCC2C3)cc(Cl)n1. The van der Waals surface area contributed by atoms with E-state index in [1.165, 1.54) is 12.8 Å². The number of pyridine rings is 1. The molecule has 2 fully saturated rings. The summed E-state index contributed by atoms with van der Waals surface area (Å²) in [6, 6.07) is 3.93. The Balaban J connectivity index is 1.78. The van der Waals surface area contributed by atoms with Crippen molar-refractivity contribution in [3.05, 3.63) is 22.8 Å². The monoisotopic (exact) mass is 293 g/mol. The summed E-state index contributed by atoms with van der Waals surface area (Å²) in [5.74, 6) is 1.49. The first-order chi connectivity index (χ1) is 9.67. The summed E-state index contributed by atoms with van der Waals surface area (Å²) in [4.78, 5) is 18.9. The summed E-state index contributed by atoms with van der Waals surface area (Å²) in [5, 5.41) is 3.56. The number of anilines is 1. The fourth-order valence-electron chi connectivity index (χ4n) is 3.30. The quantitative estimate of drug-likeness (QED) is 0.867. The van der Waals surface area contributed by atoms with Crippen LogP contribution in [0.4, 0.5) is 5.82 Å². The Kier molecular flexibility index (Phi) is 3.83. The van der Waals surface area contributed by atoms with Crippen LogP contribution in [-0.4, -0.2) is 34.9 Å². The number of carbonyl (C=O) groups is 1. The van der Waals surface area contributed by atoms with Crippen LogP contribution in [0.2, 0.25) is 5.15 Å². The van der Waals surface area contributed by atoms with Crippen LogP contribution in [0.5, 0.6) is 0 Å². The number of piperidine rings is 1. The Bertz CT molecular complexity index is 520. The van der Waals surface area contributed by atoms with E-state index >= 15 is 0 Å². The van der Waals surface area contributed by atoms with Gasteiger partial charge in [-0.1, -0.05) is 18.5 Å². The molecule has 20 heavy (non-hydrogen) atoms. The molecule has 0 aromatic carbocycles. The number of amides is 1. The van der Waals surface area contributed by atoms with Crippen molar-refractivity contribution in [3.63, 3.8) is 0 Å². The summed E-state index contributed by atoms with van der Waals surface area (Å²) in [6.07, 6.45) is 4.60. The standard InChI is InChI=1S/C15H20ClN3O/c1-2-5-17-14-8-11(7-13(16)18-14)15(20)19-9-10-3-4-12(19)6-10/h7-8,10,12H,2-6,9H2,1H3,(H,17,18). The normalized spacial score (nSPS) is 24.2. The number of fused-ring (bicyclic) bond motifs is 2. The fourth-order valence-corrected chi connectivity index (χ4v) is 3.51. The summed E-state index contributed by atoms with van der Waals surface area (Å²) in [6.45, 7) is 3.82. The van der Waals surface area contributed by atoms with E-state index in [2.05, 4.69) is 17.2 Å². The second-order valence-electron chi connectivity index (χ2n) is 5.78. The topological polar surface area (TPSA) is 45.2 Å². The third-order valence-electron chi connectivity index (χ3n) is 4.27. The minimum Gasteiger partial charge on any atom is -0.370 e. The number of aromatic nitrogens is 1. The molecule has 0 radical (unpaired) electrons. The van der Waals surface area contributed by atoms with Crippen LogP contribution in [0.25, 0.3) is 0 Å². The molecule has 108 valence electrons. The van der Waals surface area contributed by atoms with Gasteiger partial charge in [-0.05, 0) is 43.7 Å². The van der Waals surface area contributed by atoms with Crippen LogP contribution >= 0.6 is 11.6 Å². The average molecular weight is 294 g/mol. The molecule has 3 rings (SSSR count). The van der Waals surface area contributed by atoms with Crippen molar-refractivity contribution >= 4 is 23.3 Å². The van der Waals surface area contributed by atoms with Crippen LogP contribution < -0.4 is 5.32 Å². The van der Waals surface area contributed by atoms with Gasteiger partial charge < -0.3 is 10.2 Å². The number of nitrogens with one attached hydrogen (secondary N) is 1. The van der Waals surface area contributed by atoms with Crippen LogP contribution in [0.3, 0.4) is 0 Å². The van der Waals surface area contributed by atoms with Crippen LogP contribution in [0.1, 0.15) is 43.0 Å². The lowest BCUT2D eigenvalue weighted by molar-refractivity contribution is 0.0703. The lowest BCUT2D eigenvalue weighted by Crippen LogP contribution is -2.37. The number of rotatable bonds is 4. The molecule has 1 aromatic rings. The first-order valence-electron chi connectivity index (χ1n) is 7.39. The van der Waals surface area contributed by atoms with Crippen LogP contribution in [0, 0.1) is 5.92 Å². The zero-order chi connectivity index (χ0) is 14.1. The zero-order valence-electron chi connectivity index (χ0n) is 11.7. The summed E-state index contributed by atoms with van der Waals surface area (Å²) in [5.41, 5.74) is 0.649. The van der Waals surface area contributed by atoms with Gasteiger partial charge in [0.25, 0.3) is 5.91 Å². The maximum atomic E-state index is 12.6. The molecule has 1 saturated heterocycles. The molecule has 1 saturated carbocycles. The number of likely N-dealkylation sites (tertiary alicyclic amines) is 1. The highest BCUT2D eigenvalue weighted by Crippen LogP contribution is 2.38. The first kappa shape index (κ1) is 13.7. The van der Waals surface area contributed by atoms with E-state index in [-0.39, 0.29) is 5.91 Å². The van der Waals surface area contributed by atoms with Crippen LogP contribution in [0.15, 0.2) is 12.1 Å². The predicted molar refractivity (Wildman–Crippen MR) is 80.2 cm³/mol. The molecule has 1 amide bonds. The zero-order valence-corrected chi connectivity index (χ0v) is 12.5. The second-order valence-corrected chi connectivity index (χ2v) is 6.17. The van der Waals surface area contributed by atoms with Gasteiger partial charge in [-0.2, -0.15) is 0 Å². The van der Waals surface area contributed by atoms with Crippen molar-refractivity contribution in [3.8, 4) is 0 Å². The molecule has 5 heteroatoms. The van der Waals surface area contributed by atoms with Crippen molar-refractivity contribution in [1.29, 1.82) is 0 Å². The Morgan fingerprint density at radius 2 is 2.35 bits per heavy atom. The maximum absolute atomic E-state index is 12.6. The van der Waals surface area contributed by atoms with Gasteiger partial charge in [0.05, 0.1) is 0 Å². The molecule has 1 aliphatic carbocycles. The minimum atomic E-state index is 0.0982. The van der Waals surface area contributed by atoms with Gasteiger partial charge >= 0.3 is 0 Å². The molecule has 0 spiro atoms. The van der Waals surface area contributed by atoms with E-state index < -0.39 is 0 Å². The molecule has 4 nitrogen and oxygen atoms in total. The first-order valence-corrected chi connectivity index (χ1v) is 7.77. The molecule has 2 heterocycles. The van der Waals surface area contributed by atoms with Gasteiger partial charge in [-0.3, -0.25) is 4.79 Å². The van der Waals surface area contributed by atoms with Gasteiger partial charge in [0.2, 0.25) is 0 Å². The van der Waals surface area contributed by atoms with Gasteiger partial charge in [-0.25, -0.2) is 4.98 Å². The Morgan fingerprint density at radius 1 is 1.50 bits per heavy atom. The van der Waals surface area contributed by atoms with E-state index in [4.69, 9.17) is 11.6 Å². The average Bonchev–Trinajstić information content (AvgIpc) is 3.06. The van der Waals surface area contributed by atoms with Gasteiger partial charge in [0, 0.05) is 24.7 Å². The number of halogens is 1. The largest absolute Gasteiger partial charge is 0.370 e. The van der Waals surface area contributed by atoms with Crippen molar-refractivity contribution in [2.45, 2.75) is 38.6 Å². The van der Waals surface area contributed by atoms with E-state index in [1.807, 2.05) is 11.0 Å². The van der Waals surface area contributed by atoms with Gasteiger partial charge in [-0.15, -0.1) is 0 Å². The van der Waals surface area contributed by atoms with Crippen molar-refractivity contribution < 1.29 is 4.79 Å². The highest BCUT2D eigenvalue weighted by atomic mass is 35.5. The lowest BCUT2D eigenvalue weighted by Gasteiger charge is -2.27. The second kappa shape index (κ2) is 5.60. The highest BCUT2D eigenvalue weighted by Gasteiger charge is 2.40. The summed E-state index contributed by atoms with van der Waals surface area (Å²) < 4.78 is 0. The number of hydrogen-bond acceptors (Lipinski definition) is 3. The van der Waals surface area contributed by atoms with Crippen molar-refractivity contribution in [2.75, 3.05) is 18.4 Å². The molecule has 2 unspecified atom stereocenters. The molecule has 2 bridgehead atoms. The van der Waals surface area contributed by atoms with Gasteiger partial charge in [0.1, 0.15) is 11.0 Å². The molecule has 2 aliphatic rings. The molecule has 2 atom stereocenters. The number of carbonyl (C=O) groups excluding carboxylic acids is 1. The Hall–Kier alpha value is -1.29. The third-order valence-corrected chi connectivity index (χ3v) is 4.46. The fraction of sp³-hybridized carbons (Fsp3) is 0.600. The molecule has 1 aliphatic heterocycles. The minimum absolute atomic E-state index is 0.0982. The van der Waals surface area contributed by atoms with Crippen molar-refractivity contribution in [2.24, 2.45) is 5.92 Å². The van der Waals surface area contributed by atoms with E-state index in [0.29, 0.717) is 28.5 Å². The predicted octanol–water partition coefficient (Wildman–Crippen LogP) is 3.18. The number of nitrogens with zero attached hydrogens (tertiary/aromatic N) is 2. The van der Waals surface area contributed by atoms with E-state index in [9.17, 15) is 4.79 Å². The van der Waals surface area contributed by atoms with E-state index in [1.54, 1.807) is 6.07 Å². The lowest BCUT2D eigenvalue weighted by atomic mass is 10.1. The Morgan fingerprint density at radius 3 is 3.00 bits per heavy atom. The number of hydrogen-bond donors (Lipinski definition) is 1. The molecule has 1 aromatic heterocycles. The van der Waals surface area contributed by atoms with Gasteiger partial charge in [0.15, 0.2) is 0 Å². The highest BCUT2D eigenvalue weighted by molar-refractivity contribution is 6.29. The third kappa shape index (κ3) is 2.62. The summed E-state index contributed by atoms with van der Waals surface area (Å²) in [7, 11) is 0. The smallest absolute Gasteiger partial charge is 0.254 e. The van der Waals surface area contributed by atoms with Crippen molar-refractivity contribution in [1.82, 2.24) is 9.88 Å². The van der Waals surface area contributed by atoms with E-state index in [0.717, 1.165) is 25.9 Å². The van der Waals surface area contributed by atoms with Crippen LogP contribution in [-0.2, 0) is 0 Å². The summed E-state index contributed by atoms with van der Waals surface area (Å²) >= 11 is 6.04. The molecular weight excluding hydrogens is 274 g/mol. The Labute approximate surface area is 124 Å².